The summed E-state index contributed by atoms with van der Waals surface area (Å²) in [7, 11) is 0. The van der Waals surface area contributed by atoms with E-state index in [0.717, 1.165) is 0 Å². The fraction of sp³-hybridized carbons (Fsp3) is 0.125. The van der Waals surface area contributed by atoms with Crippen molar-refractivity contribution < 1.29 is 8.78 Å². The number of halogens is 3. The Morgan fingerprint density at radius 1 is 1.43 bits per heavy atom. The Hall–Kier alpha value is -1.17. The smallest absolute Gasteiger partial charge is 0.267 e. The second-order valence-corrected chi connectivity index (χ2v) is 3.63. The summed E-state index contributed by atoms with van der Waals surface area (Å²) in [6.07, 6.45) is -2.57. The molecule has 2 aromatic rings. The van der Waals surface area contributed by atoms with Crippen molar-refractivity contribution in [3.63, 3.8) is 0 Å². The maximum Gasteiger partial charge on any atom is 0.267 e. The first-order valence-corrected chi connectivity index (χ1v) is 4.60. The van der Waals surface area contributed by atoms with Crippen LogP contribution < -0.4 is 5.73 Å². The third kappa shape index (κ3) is 1.35. The molecular weight excluding hydrogens is 256 g/mol. The Balaban J connectivity index is 2.82. The molecule has 1 aromatic heterocycles. The number of nitrogens with zero attached hydrogens (tertiary/aromatic N) is 1. The molecule has 0 saturated heterocycles. The standard InChI is InChI=1S/C8H6BrF2N3/c9-3-1-2-4-6(5(3)7(10)11)14-8(12)13-4/h1-2,7H,(H3,12,13,14). The van der Waals surface area contributed by atoms with Crippen molar-refractivity contribution in [2.24, 2.45) is 0 Å². The van der Waals surface area contributed by atoms with Crippen molar-refractivity contribution in [3.05, 3.63) is 22.2 Å². The fourth-order valence-corrected chi connectivity index (χ4v) is 1.79. The van der Waals surface area contributed by atoms with Gasteiger partial charge in [0.2, 0.25) is 0 Å². The van der Waals surface area contributed by atoms with Crippen LogP contribution >= 0.6 is 15.9 Å². The van der Waals surface area contributed by atoms with E-state index in [1.807, 2.05) is 0 Å². The average molecular weight is 262 g/mol. The van der Waals surface area contributed by atoms with E-state index in [1.54, 1.807) is 12.1 Å². The normalized spacial score (nSPS) is 11.4. The van der Waals surface area contributed by atoms with Gasteiger partial charge in [0, 0.05) is 4.47 Å². The number of rotatable bonds is 1. The van der Waals surface area contributed by atoms with Crippen LogP contribution in [0.15, 0.2) is 16.6 Å². The molecule has 0 saturated carbocycles. The van der Waals surface area contributed by atoms with Crippen molar-refractivity contribution in [2.75, 3.05) is 5.73 Å². The van der Waals surface area contributed by atoms with Crippen LogP contribution in [0.5, 0.6) is 0 Å². The molecule has 0 unspecified atom stereocenters. The van der Waals surface area contributed by atoms with Crippen LogP contribution in [-0.4, -0.2) is 9.97 Å². The lowest BCUT2D eigenvalue weighted by Gasteiger charge is -2.02. The van der Waals surface area contributed by atoms with Gasteiger partial charge in [0.05, 0.1) is 11.1 Å². The summed E-state index contributed by atoms with van der Waals surface area (Å²) >= 11 is 3.05. The van der Waals surface area contributed by atoms with E-state index in [4.69, 9.17) is 5.73 Å². The van der Waals surface area contributed by atoms with Crippen molar-refractivity contribution in [1.29, 1.82) is 0 Å². The zero-order chi connectivity index (χ0) is 10.3. The Morgan fingerprint density at radius 2 is 2.14 bits per heavy atom. The van der Waals surface area contributed by atoms with Gasteiger partial charge >= 0.3 is 0 Å². The van der Waals surface area contributed by atoms with Crippen LogP contribution in [-0.2, 0) is 0 Å². The van der Waals surface area contributed by atoms with Gasteiger partial charge < -0.3 is 10.7 Å². The number of imidazole rings is 1. The number of aromatic nitrogens is 2. The highest BCUT2D eigenvalue weighted by Gasteiger charge is 2.17. The molecule has 1 aromatic carbocycles. The molecule has 0 radical (unpaired) electrons. The number of nitrogens with two attached hydrogens (primary N) is 1. The summed E-state index contributed by atoms with van der Waals surface area (Å²) in [5, 5.41) is 0. The van der Waals surface area contributed by atoms with Crippen LogP contribution in [0.4, 0.5) is 14.7 Å². The van der Waals surface area contributed by atoms with Crippen LogP contribution in [0, 0.1) is 0 Å². The number of nitrogen functional groups attached to an aromatic ring is 1. The molecule has 0 aliphatic heterocycles. The first-order chi connectivity index (χ1) is 6.59. The minimum absolute atomic E-state index is 0.129. The van der Waals surface area contributed by atoms with Gasteiger partial charge in [-0.2, -0.15) is 0 Å². The maximum absolute atomic E-state index is 12.6. The lowest BCUT2D eigenvalue weighted by Crippen LogP contribution is -1.89. The SMILES string of the molecule is Nc1nc2c(C(F)F)c(Br)ccc2[nH]1. The second kappa shape index (κ2) is 3.20. The van der Waals surface area contributed by atoms with Gasteiger partial charge in [0.1, 0.15) is 5.52 Å². The fourth-order valence-electron chi connectivity index (χ4n) is 1.30. The highest BCUT2D eigenvalue weighted by molar-refractivity contribution is 9.10. The molecule has 0 fully saturated rings. The minimum atomic E-state index is -2.57. The summed E-state index contributed by atoms with van der Waals surface area (Å²) in [5.74, 6) is 0.139. The van der Waals surface area contributed by atoms with Gasteiger partial charge in [0.15, 0.2) is 5.95 Å². The first kappa shape index (κ1) is 9.39. The Bertz CT molecular complexity index is 481. The lowest BCUT2D eigenvalue weighted by atomic mass is 10.2. The van der Waals surface area contributed by atoms with Gasteiger partial charge in [-0.1, -0.05) is 15.9 Å². The maximum atomic E-state index is 12.6. The molecule has 0 atom stereocenters. The molecule has 14 heavy (non-hydrogen) atoms. The zero-order valence-corrected chi connectivity index (χ0v) is 8.48. The molecule has 0 aliphatic rings. The molecule has 1 heterocycles. The van der Waals surface area contributed by atoms with Crippen molar-refractivity contribution in [3.8, 4) is 0 Å². The number of alkyl halides is 2. The van der Waals surface area contributed by atoms with Crippen LogP contribution in [0.25, 0.3) is 11.0 Å². The summed E-state index contributed by atoms with van der Waals surface area (Å²) < 4.78 is 25.6. The quantitative estimate of drug-likeness (QED) is 0.830. The lowest BCUT2D eigenvalue weighted by molar-refractivity contribution is 0.152. The molecule has 0 bridgehead atoms. The highest BCUT2D eigenvalue weighted by Crippen LogP contribution is 2.33. The van der Waals surface area contributed by atoms with Crippen molar-refractivity contribution >= 4 is 32.9 Å². The number of hydrogen-bond acceptors (Lipinski definition) is 2. The number of fused-ring (bicyclic) bond motifs is 1. The summed E-state index contributed by atoms with van der Waals surface area (Å²) in [4.78, 5) is 6.50. The van der Waals surface area contributed by atoms with Crippen LogP contribution in [0.1, 0.15) is 12.0 Å². The van der Waals surface area contributed by atoms with E-state index < -0.39 is 6.43 Å². The van der Waals surface area contributed by atoms with Gasteiger partial charge in [-0.15, -0.1) is 0 Å². The van der Waals surface area contributed by atoms with E-state index in [1.165, 1.54) is 0 Å². The van der Waals surface area contributed by atoms with E-state index in [2.05, 4.69) is 25.9 Å². The third-order valence-corrected chi connectivity index (χ3v) is 2.57. The van der Waals surface area contributed by atoms with Crippen LogP contribution in [0.2, 0.25) is 0 Å². The van der Waals surface area contributed by atoms with E-state index in [9.17, 15) is 8.78 Å². The number of aromatic amines is 1. The second-order valence-electron chi connectivity index (χ2n) is 2.78. The predicted molar refractivity (Wildman–Crippen MR) is 53.2 cm³/mol. The Kier molecular flexibility index (Phi) is 2.14. The predicted octanol–water partition coefficient (Wildman–Crippen LogP) is 2.85. The monoisotopic (exact) mass is 261 g/mol. The first-order valence-electron chi connectivity index (χ1n) is 3.81. The van der Waals surface area contributed by atoms with Gasteiger partial charge in [0.25, 0.3) is 6.43 Å². The number of benzene rings is 1. The molecule has 0 spiro atoms. The summed E-state index contributed by atoms with van der Waals surface area (Å²) in [5.41, 5.74) is 5.98. The number of nitrogens with one attached hydrogen (secondary N) is 1. The van der Waals surface area contributed by atoms with Gasteiger partial charge in [-0.05, 0) is 12.1 Å². The highest BCUT2D eigenvalue weighted by atomic mass is 79.9. The molecule has 74 valence electrons. The minimum Gasteiger partial charge on any atom is -0.369 e. The van der Waals surface area contributed by atoms with E-state index in [0.29, 0.717) is 9.99 Å². The number of H-pyrrole nitrogens is 1. The zero-order valence-electron chi connectivity index (χ0n) is 6.89. The summed E-state index contributed by atoms with van der Waals surface area (Å²) in [6.45, 7) is 0. The molecule has 0 amide bonds. The third-order valence-electron chi connectivity index (χ3n) is 1.88. The van der Waals surface area contributed by atoms with E-state index >= 15 is 0 Å². The molecule has 0 aliphatic carbocycles. The van der Waals surface area contributed by atoms with Crippen molar-refractivity contribution in [2.45, 2.75) is 6.43 Å². The Labute approximate surface area is 86.4 Å². The molecular formula is C8H6BrF2N3. The summed E-state index contributed by atoms with van der Waals surface area (Å²) in [6, 6.07) is 3.19. The Morgan fingerprint density at radius 3 is 2.79 bits per heavy atom. The molecule has 6 heteroatoms. The van der Waals surface area contributed by atoms with E-state index in [-0.39, 0.29) is 17.0 Å². The number of anilines is 1. The number of hydrogen-bond donors (Lipinski definition) is 2. The molecule has 3 N–H and O–H groups in total. The van der Waals surface area contributed by atoms with Gasteiger partial charge in [-0.3, -0.25) is 0 Å². The largest absolute Gasteiger partial charge is 0.369 e. The van der Waals surface area contributed by atoms with Gasteiger partial charge in [-0.25, -0.2) is 13.8 Å². The topological polar surface area (TPSA) is 54.7 Å². The van der Waals surface area contributed by atoms with Crippen LogP contribution in [0.3, 0.4) is 0 Å². The van der Waals surface area contributed by atoms with Crippen molar-refractivity contribution in [1.82, 2.24) is 9.97 Å². The molecule has 2 rings (SSSR count). The molecule has 3 nitrogen and oxygen atoms in total. The average Bonchev–Trinajstić information content (AvgIpc) is 2.43.